The van der Waals surface area contributed by atoms with Crippen molar-refractivity contribution < 1.29 is 8.42 Å². The zero-order valence-corrected chi connectivity index (χ0v) is 11.8. The fourth-order valence-corrected chi connectivity index (χ4v) is 3.81. The van der Waals surface area contributed by atoms with Crippen molar-refractivity contribution in [3.63, 3.8) is 0 Å². The Labute approximate surface area is 117 Å². The normalized spacial score (nSPS) is 18.8. The van der Waals surface area contributed by atoms with E-state index in [9.17, 15) is 8.42 Å². The van der Waals surface area contributed by atoms with Crippen LogP contribution in [0.5, 0.6) is 0 Å². The minimum absolute atomic E-state index is 0.232. The van der Waals surface area contributed by atoms with Gasteiger partial charge in [0.2, 0.25) is 0 Å². The zero-order chi connectivity index (χ0) is 14.0. The second kappa shape index (κ2) is 5.24. The number of nitrogens with one attached hydrogen (secondary N) is 1. The van der Waals surface area contributed by atoms with Gasteiger partial charge in [-0.15, -0.1) is 0 Å². The summed E-state index contributed by atoms with van der Waals surface area (Å²) in [6, 6.07) is 8.09. The van der Waals surface area contributed by atoms with Crippen LogP contribution in [0, 0.1) is 0 Å². The molecule has 0 spiro atoms. The molecule has 0 atom stereocenters. The largest absolute Gasteiger partial charge is 0.382 e. The molecule has 1 saturated heterocycles. The Morgan fingerprint density at radius 2 is 1.85 bits per heavy atom. The van der Waals surface area contributed by atoms with Crippen LogP contribution >= 0.6 is 0 Å². The van der Waals surface area contributed by atoms with Gasteiger partial charge in [-0.1, -0.05) is 0 Å². The lowest BCUT2D eigenvalue weighted by Gasteiger charge is -2.24. The molecule has 1 fully saturated rings. The molecule has 3 rings (SSSR count). The van der Waals surface area contributed by atoms with Crippen LogP contribution in [0.25, 0.3) is 5.69 Å². The van der Waals surface area contributed by atoms with Crippen LogP contribution in [-0.4, -0.2) is 40.7 Å². The number of rotatable bonds is 3. The molecule has 1 N–H and O–H groups in total. The van der Waals surface area contributed by atoms with Crippen LogP contribution < -0.4 is 5.32 Å². The number of hydrogen-bond donors (Lipinski definition) is 1. The van der Waals surface area contributed by atoms with Crippen molar-refractivity contribution in [2.24, 2.45) is 0 Å². The first kappa shape index (κ1) is 13.1. The standard InChI is InChI=1S/C13H16N4O2S/c18-20(19)7-5-12(6-8-20)16-11-1-3-13(4-2-11)17-10-14-9-15-17/h1-4,9-10,12,16H,5-8H2. The summed E-state index contributed by atoms with van der Waals surface area (Å²) in [5.74, 6) is 0.559. The van der Waals surface area contributed by atoms with E-state index >= 15 is 0 Å². The van der Waals surface area contributed by atoms with Crippen LogP contribution in [0.15, 0.2) is 36.9 Å². The molecule has 6 nitrogen and oxygen atoms in total. The summed E-state index contributed by atoms with van der Waals surface area (Å²) < 4.78 is 24.5. The summed E-state index contributed by atoms with van der Waals surface area (Å²) in [6.07, 6.45) is 4.49. The van der Waals surface area contributed by atoms with Crippen molar-refractivity contribution >= 4 is 15.5 Å². The predicted octanol–water partition coefficient (Wildman–Crippen LogP) is 1.26. The summed E-state index contributed by atoms with van der Waals surface area (Å²) in [5.41, 5.74) is 1.94. The first-order valence-corrected chi connectivity index (χ1v) is 8.36. The highest BCUT2D eigenvalue weighted by molar-refractivity contribution is 7.91. The number of hydrogen-bond acceptors (Lipinski definition) is 5. The highest BCUT2D eigenvalue weighted by atomic mass is 32.2. The molecule has 2 aromatic rings. The molecule has 1 aromatic carbocycles. The maximum atomic E-state index is 11.4. The lowest BCUT2D eigenvalue weighted by Crippen LogP contribution is -2.32. The van der Waals surface area contributed by atoms with Crippen molar-refractivity contribution in [3.8, 4) is 5.69 Å². The second-order valence-electron chi connectivity index (χ2n) is 4.96. The Kier molecular flexibility index (Phi) is 3.43. The third-order valence-corrected chi connectivity index (χ3v) is 5.19. The molecular formula is C13H16N4O2S. The lowest BCUT2D eigenvalue weighted by molar-refractivity contribution is 0.559. The van der Waals surface area contributed by atoms with Crippen molar-refractivity contribution in [2.45, 2.75) is 18.9 Å². The quantitative estimate of drug-likeness (QED) is 0.921. The van der Waals surface area contributed by atoms with Gasteiger partial charge in [0.05, 0.1) is 17.2 Å². The molecule has 106 valence electrons. The summed E-state index contributed by atoms with van der Waals surface area (Å²) in [4.78, 5) is 3.91. The molecule has 1 aliphatic heterocycles. The van der Waals surface area contributed by atoms with Crippen LogP contribution in [0.1, 0.15) is 12.8 Å². The molecule has 20 heavy (non-hydrogen) atoms. The van der Waals surface area contributed by atoms with Gasteiger partial charge in [0, 0.05) is 11.7 Å². The Bertz CT molecular complexity index is 651. The summed E-state index contributed by atoms with van der Waals surface area (Å²) in [7, 11) is -2.80. The minimum Gasteiger partial charge on any atom is -0.382 e. The van der Waals surface area contributed by atoms with Gasteiger partial charge < -0.3 is 5.32 Å². The first-order chi connectivity index (χ1) is 9.62. The van der Waals surface area contributed by atoms with E-state index in [1.807, 2.05) is 24.3 Å². The van der Waals surface area contributed by atoms with Gasteiger partial charge in [-0.05, 0) is 37.1 Å². The monoisotopic (exact) mass is 292 g/mol. The molecule has 1 aromatic heterocycles. The van der Waals surface area contributed by atoms with Gasteiger partial charge in [-0.25, -0.2) is 18.1 Å². The van der Waals surface area contributed by atoms with Crippen molar-refractivity contribution in [1.82, 2.24) is 14.8 Å². The smallest absolute Gasteiger partial charge is 0.150 e. The van der Waals surface area contributed by atoms with Crippen LogP contribution in [0.3, 0.4) is 0 Å². The van der Waals surface area contributed by atoms with Crippen LogP contribution in [0.2, 0.25) is 0 Å². The molecule has 0 aliphatic carbocycles. The zero-order valence-electron chi connectivity index (χ0n) is 10.9. The lowest BCUT2D eigenvalue weighted by atomic mass is 10.1. The predicted molar refractivity (Wildman–Crippen MR) is 76.7 cm³/mol. The molecule has 0 bridgehead atoms. The summed E-state index contributed by atoms with van der Waals surface area (Å²) in [6.45, 7) is 0. The van der Waals surface area contributed by atoms with E-state index < -0.39 is 9.84 Å². The Hall–Kier alpha value is -1.89. The van der Waals surface area contributed by atoms with Crippen molar-refractivity contribution in [2.75, 3.05) is 16.8 Å². The first-order valence-electron chi connectivity index (χ1n) is 6.54. The van der Waals surface area contributed by atoms with E-state index in [2.05, 4.69) is 15.4 Å². The van der Waals surface area contributed by atoms with Crippen molar-refractivity contribution in [1.29, 1.82) is 0 Å². The average Bonchev–Trinajstić information content (AvgIpc) is 2.96. The Morgan fingerprint density at radius 1 is 1.15 bits per heavy atom. The van der Waals surface area contributed by atoms with Gasteiger partial charge in [0.1, 0.15) is 22.5 Å². The number of benzene rings is 1. The minimum atomic E-state index is -2.80. The highest BCUT2D eigenvalue weighted by Gasteiger charge is 2.23. The van der Waals surface area contributed by atoms with Gasteiger partial charge in [-0.3, -0.25) is 0 Å². The van der Waals surface area contributed by atoms with Crippen LogP contribution in [-0.2, 0) is 9.84 Å². The molecular weight excluding hydrogens is 276 g/mol. The summed E-state index contributed by atoms with van der Waals surface area (Å²) >= 11 is 0. The van der Waals surface area contributed by atoms with E-state index in [4.69, 9.17) is 0 Å². The third-order valence-electron chi connectivity index (χ3n) is 3.48. The van der Waals surface area contributed by atoms with E-state index in [0.29, 0.717) is 12.8 Å². The molecule has 0 radical (unpaired) electrons. The number of nitrogens with zero attached hydrogens (tertiary/aromatic N) is 3. The number of anilines is 1. The molecule has 0 saturated carbocycles. The van der Waals surface area contributed by atoms with E-state index in [-0.39, 0.29) is 17.5 Å². The second-order valence-corrected chi connectivity index (χ2v) is 7.26. The Balaban J connectivity index is 1.64. The maximum Gasteiger partial charge on any atom is 0.150 e. The fraction of sp³-hybridized carbons (Fsp3) is 0.385. The fourth-order valence-electron chi connectivity index (χ4n) is 2.32. The van der Waals surface area contributed by atoms with Gasteiger partial charge >= 0.3 is 0 Å². The van der Waals surface area contributed by atoms with Gasteiger partial charge in [0.15, 0.2) is 0 Å². The highest BCUT2D eigenvalue weighted by Crippen LogP contribution is 2.19. The van der Waals surface area contributed by atoms with E-state index in [1.54, 1.807) is 11.0 Å². The van der Waals surface area contributed by atoms with E-state index in [1.165, 1.54) is 6.33 Å². The number of sulfone groups is 1. The Morgan fingerprint density at radius 3 is 2.45 bits per heavy atom. The SMILES string of the molecule is O=S1(=O)CCC(Nc2ccc(-n3cncn3)cc2)CC1. The van der Waals surface area contributed by atoms with Crippen LogP contribution in [0.4, 0.5) is 5.69 Å². The van der Waals surface area contributed by atoms with Crippen molar-refractivity contribution in [3.05, 3.63) is 36.9 Å². The molecule has 0 unspecified atom stereocenters. The maximum absolute atomic E-state index is 11.4. The molecule has 0 amide bonds. The van der Waals surface area contributed by atoms with E-state index in [0.717, 1.165) is 11.4 Å². The summed E-state index contributed by atoms with van der Waals surface area (Å²) in [5, 5.41) is 7.45. The molecule has 2 heterocycles. The number of aromatic nitrogens is 3. The molecule has 7 heteroatoms. The average molecular weight is 292 g/mol. The topological polar surface area (TPSA) is 76.9 Å². The molecule has 1 aliphatic rings. The third kappa shape index (κ3) is 2.98. The van der Waals surface area contributed by atoms with Gasteiger partial charge in [0.25, 0.3) is 0 Å². The van der Waals surface area contributed by atoms with Gasteiger partial charge in [-0.2, -0.15) is 5.10 Å².